The zero-order valence-electron chi connectivity index (χ0n) is 24.6. The van der Waals surface area contributed by atoms with Gasteiger partial charge in [0, 0.05) is 26.2 Å². The number of alkyl halides is 6. The predicted octanol–water partition coefficient (Wildman–Crippen LogP) is 11.2. The highest BCUT2D eigenvalue weighted by Crippen LogP contribution is 2.78. The van der Waals surface area contributed by atoms with Crippen LogP contribution >= 0.6 is 95.6 Å². The monoisotopic (exact) mass is 926 g/mol. The molecule has 4 rings (SSSR count). The zero-order valence-corrected chi connectivity index (χ0v) is 34.1. The Balaban J connectivity index is 1.66. The number of hydrogen-bond acceptors (Lipinski definition) is 2. The summed E-state index contributed by atoms with van der Waals surface area (Å²) in [6.45, 7) is 16.3. The van der Waals surface area contributed by atoms with Crippen molar-refractivity contribution in [2.24, 2.45) is 46.3 Å². The zero-order chi connectivity index (χ0) is 29.3. The average Bonchev–Trinajstić information content (AvgIpc) is 3.19. The Morgan fingerprint density at radius 3 is 2.18 bits per heavy atom. The highest BCUT2D eigenvalue weighted by molar-refractivity contribution is 9.15. The molecule has 2 nitrogen and oxygen atoms in total. The van der Waals surface area contributed by atoms with Gasteiger partial charge in [0.2, 0.25) is 0 Å². The van der Waals surface area contributed by atoms with E-state index >= 15 is 0 Å². The van der Waals surface area contributed by atoms with Gasteiger partial charge in [-0.15, -0.1) is 0 Å². The van der Waals surface area contributed by atoms with Crippen LogP contribution < -0.4 is 0 Å². The van der Waals surface area contributed by atoms with Gasteiger partial charge in [0.05, 0.1) is 8.65 Å². The maximum Gasteiger partial charge on any atom is 0.302 e. The van der Waals surface area contributed by atoms with E-state index in [9.17, 15) is 4.79 Å². The number of ether oxygens (including phenoxy) is 1. The second-order valence-electron chi connectivity index (χ2n) is 14.3. The lowest BCUT2D eigenvalue weighted by Gasteiger charge is -2.72. The van der Waals surface area contributed by atoms with Gasteiger partial charge in [0.1, 0.15) is 6.10 Å². The van der Waals surface area contributed by atoms with Crippen LogP contribution in [0.1, 0.15) is 99.8 Å². The van der Waals surface area contributed by atoms with Gasteiger partial charge in [-0.3, -0.25) is 4.79 Å². The Labute approximate surface area is 288 Å². The van der Waals surface area contributed by atoms with Crippen molar-refractivity contribution < 1.29 is 9.53 Å². The summed E-state index contributed by atoms with van der Waals surface area (Å²) in [6, 6.07) is 0. The van der Waals surface area contributed by atoms with Gasteiger partial charge in [0.25, 0.3) is 0 Å². The first kappa shape index (κ1) is 34.2. The summed E-state index contributed by atoms with van der Waals surface area (Å²) in [5, 5.41) is 0. The molecule has 4 aliphatic carbocycles. The Morgan fingerprint density at radius 1 is 0.974 bits per heavy atom. The summed E-state index contributed by atoms with van der Waals surface area (Å²) in [4.78, 5) is 13.4. The van der Waals surface area contributed by atoms with E-state index in [1.54, 1.807) is 6.92 Å². The predicted molar refractivity (Wildman–Crippen MR) is 187 cm³/mol. The molecule has 0 amide bonds. The minimum atomic E-state index is -0.148. The molecule has 14 atom stereocenters. The number of carbonyl (C=O) groups excluding carboxylic acids is 1. The summed E-state index contributed by atoms with van der Waals surface area (Å²) >= 11 is 26.2. The number of rotatable bonds is 7. The molecule has 0 bridgehead atoms. The molecule has 0 aliphatic heterocycles. The van der Waals surface area contributed by atoms with Crippen molar-refractivity contribution in [3.05, 3.63) is 0 Å². The summed E-state index contributed by atoms with van der Waals surface area (Å²) in [5.41, 5.74) is 0.331. The largest absolute Gasteiger partial charge is 0.463 e. The lowest BCUT2D eigenvalue weighted by Crippen LogP contribution is -2.77. The van der Waals surface area contributed by atoms with Crippen molar-refractivity contribution in [2.75, 3.05) is 0 Å². The molecule has 4 saturated carbocycles. The second-order valence-corrected chi connectivity index (χ2v) is 21.2. The molecule has 0 aromatic heterocycles. The highest BCUT2D eigenvalue weighted by atomic mass is 79.9. The van der Waals surface area contributed by atoms with Crippen LogP contribution in [0.15, 0.2) is 0 Å². The molecule has 0 N–H and O–H groups in total. The molecule has 6 unspecified atom stereocenters. The molecule has 226 valence electrons. The molecule has 0 saturated heterocycles. The summed E-state index contributed by atoms with van der Waals surface area (Å²) in [7, 11) is 0. The first-order valence-electron chi connectivity index (χ1n) is 15.1. The van der Waals surface area contributed by atoms with Gasteiger partial charge in [-0.1, -0.05) is 144 Å². The van der Waals surface area contributed by atoms with E-state index < -0.39 is 0 Å². The van der Waals surface area contributed by atoms with Crippen LogP contribution in [-0.4, -0.2) is 40.0 Å². The summed E-state index contributed by atoms with van der Waals surface area (Å²) in [6.07, 6.45) is 9.06. The first-order chi connectivity index (χ1) is 18.0. The van der Waals surface area contributed by atoms with Crippen LogP contribution in [0.5, 0.6) is 0 Å². The van der Waals surface area contributed by atoms with Crippen molar-refractivity contribution in [2.45, 2.75) is 134 Å². The van der Waals surface area contributed by atoms with E-state index in [4.69, 9.17) is 4.74 Å². The molecule has 0 heterocycles. The SMILES string of the molecule is CC[C@@H](C(C)C)C(Br)C(Br)[C@@H](C)[C@H]1CC[C@@H]2[C@]1(C)CC(Br)[C@]1(Br)[C@@]3(C)CCC(OC(C)=O)CC3CC(Br)[C@@]21Br. The molecule has 0 spiro atoms. The molecule has 8 heteroatoms. The minimum Gasteiger partial charge on any atom is -0.463 e. The van der Waals surface area contributed by atoms with Gasteiger partial charge >= 0.3 is 5.97 Å². The number of hydrogen-bond donors (Lipinski definition) is 0. The number of fused-ring (bicyclic) bond motifs is 5. The van der Waals surface area contributed by atoms with E-state index in [0.717, 1.165) is 25.7 Å². The first-order valence-corrected chi connectivity index (χ1v) is 20.4. The topological polar surface area (TPSA) is 26.3 Å². The molecule has 39 heavy (non-hydrogen) atoms. The number of halogens is 6. The molecule has 0 aromatic carbocycles. The molecule has 4 fully saturated rings. The van der Waals surface area contributed by atoms with Crippen molar-refractivity contribution in [1.82, 2.24) is 0 Å². The molecule has 4 aliphatic rings. The van der Waals surface area contributed by atoms with Crippen molar-refractivity contribution in [3.8, 4) is 0 Å². The van der Waals surface area contributed by atoms with Gasteiger partial charge in [-0.2, -0.15) is 0 Å². The maximum atomic E-state index is 11.8. The van der Waals surface area contributed by atoms with Crippen LogP contribution in [0.4, 0.5) is 0 Å². The summed E-state index contributed by atoms with van der Waals surface area (Å²) in [5.74, 6) is 3.49. The van der Waals surface area contributed by atoms with Gasteiger partial charge in [-0.25, -0.2) is 0 Å². The fraction of sp³-hybridized carbons (Fsp3) is 0.968. The smallest absolute Gasteiger partial charge is 0.302 e. The van der Waals surface area contributed by atoms with Gasteiger partial charge in [0.15, 0.2) is 0 Å². The van der Waals surface area contributed by atoms with Crippen LogP contribution in [-0.2, 0) is 9.53 Å². The molecule has 0 radical (unpaired) electrons. The van der Waals surface area contributed by atoms with Gasteiger partial charge < -0.3 is 4.74 Å². The van der Waals surface area contributed by atoms with Crippen LogP contribution in [0.3, 0.4) is 0 Å². The average molecular weight is 932 g/mol. The van der Waals surface area contributed by atoms with Crippen LogP contribution in [0.25, 0.3) is 0 Å². The quantitative estimate of drug-likeness (QED) is 0.188. The Kier molecular flexibility index (Phi) is 10.8. The molecular weight excluding hydrogens is 884 g/mol. The second kappa shape index (κ2) is 12.3. The number of esters is 1. The van der Waals surface area contributed by atoms with Crippen LogP contribution in [0, 0.1) is 46.3 Å². The van der Waals surface area contributed by atoms with E-state index in [1.807, 2.05) is 0 Å². The fourth-order valence-corrected chi connectivity index (χ4v) is 18.6. The normalized spacial score (nSPS) is 48.9. The number of carbonyl (C=O) groups is 1. The fourth-order valence-electron chi connectivity index (χ4n) is 10.1. The third-order valence-electron chi connectivity index (χ3n) is 12.2. The molecule has 0 aromatic rings. The van der Waals surface area contributed by atoms with E-state index in [-0.39, 0.29) is 31.6 Å². The Hall–Kier alpha value is 2.35. The highest BCUT2D eigenvalue weighted by Gasteiger charge is 2.77. The van der Waals surface area contributed by atoms with E-state index in [0.29, 0.717) is 54.8 Å². The third-order valence-corrected chi connectivity index (χ3v) is 23.3. The van der Waals surface area contributed by atoms with Crippen molar-refractivity contribution >= 4 is 102 Å². The maximum absolute atomic E-state index is 11.8. The lowest BCUT2D eigenvalue weighted by molar-refractivity contribution is -0.154. The van der Waals surface area contributed by atoms with Crippen LogP contribution in [0.2, 0.25) is 0 Å². The minimum absolute atomic E-state index is 0.0457. The Bertz CT molecular complexity index is 918. The standard InChI is InChI=1S/C31H48Br6O2/c1-8-21(16(2)3)27(35)26(34)17(4)22-9-10-23-28(22,6)15-25(33)31(37)29(7)12-11-20(39-18(5)38)13-19(29)14-24(32)30(23,31)36/h16-17,19-27H,8-15H2,1-7H3/t17-,19?,20?,21-,22+,23+,24?,25?,26?,27?,28+,29-,30-,31-/m0/s1. The van der Waals surface area contributed by atoms with Crippen molar-refractivity contribution in [1.29, 1.82) is 0 Å². The Morgan fingerprint density at radius 2 is 1.62 bits per heavy atom. The van der Waals surface area contributed by atoms with E-state index in [1.165, 1.54) is 25.7 Å². The van der Waals surface area contributed by atoms with E-state index in [2.05, 4.69) is 137 Å². The van der Waals surface area contributed by atoms with Gasteiger partial charge in [-0.05, 0) is 91.3 Å². The van der Waals surface area contributed by atoms with Crippen molar-refractivity contribution in [3.63, 3.8) is 0 Å². The third kappa shape index (κ3) is 5.25. The lowest BCUT2D eigenvalue weighted by atomic mass is 9.44. The summed E-state index contributed by atoms with van der Waals surface area (Å²) < 4.78 is 5.57. The molecular formula is C31H48Br6O2.